The van der Waals surface area contributed by atoms with Gasteiger partial charge in [-0.05, 0) is 73.9 Å². The number of benzene rings is 3. The van der Waals surface area contributed by atoms with Gasteiger partial charge in [0, 0.05) is 23.7 Å². The van der Waals surface area contributed by atoms with E-state index in [0.29, 0.717) is 55.3 Å². The Kier molecular flexibility index (Phi) is 8.92. The largest absolute Gasteiger partial charge is 0.512 e. The van der Waals surface area contributed by atoms with E-state index in [9.17, 15) is 18.3 Å². The van der Waals surface area contributed by atoms with Crippen molar-refractivity contribution in [3.05, 3.63) is 114 Å². The van der Waals surface area contributed by atoms with E-state index in [-0.39, 0.29) is 10.7 Å². The van der Waals surface area contributed by atoms with Crippen LogP contribution in [0.1, 0.15) is 56.6 Å². The van der Waals surface area contributed by atoms with Gasteiger partial charge in [0.15, 0.2) is 0 Å². The fourth-order valence-corrected chi connectivity index (χ4v) is 6.94. The summed E-state index contributed by atoms with van der Waals surface area (Å²) in [5.41, 5.74) is 2.60. The third-order valence-corrected chi connectivity index (χ3v) is 9.18. The predicted octanol–water partition coefficient (Wildman–Crippen LogP) is 7.29. The average Bonchev–Trinajstić information content (AvgIpc) is 2.98. The highest BCUT2D eigenvalue weighted by Crippen LogP contribution is 2.38. The lowest BCUT2D eigenvalue weighted by Crippen LogP contribution is -2.40. The first-order valence-electron chi connectivity index (χ1n) is 14.4. The maximum Gasteiger partial charge on any atom is 0.337 e. The number of para-hydroxylation sites is 1. The molecule has 0 bridgehead atoms. The number of carbonyl (C=O) groups is 1. The molecule has 0 aliphatic carbocycles. The number of nitrogens with zero attached hydrogens (tertiary/aromatic N) is 1. The fraction of sp³-hybridized carbons (Fsp3) is 0.294. The minimum atomic E-state index is -3.86. The van der Waals surface area contributed by atoms with Crippen molar-refractivity contribution in [2.45, 2.75) is 68.8 Å². The summed E-state index contributed by atoms with van der Waals surface area (Å²) in [6.45, 7) is 2.06. The number of aromatic nitrogens is 1. The Hall–Kier alpha value is -4.17. The minimum absolute atomic E-state index is 0.118. The van der Waals surface area contributed by atoms with Crippen LogP contribution in [0.3, 0.4) is 0 Å². The molecule has 1 aliphatic heterocycles. The number of aliphatic hydroxyl groups excluding tert-OH is 1. The van der Waals surface area contributed by atoms with Gasteiger partial charge in [0.2, 0.25) is 0 Å². The Labute approximate surface area is 247 Å². The number of cyclic esters (lactones) is 1. The molecule has 8 heteroatoms. The smallest absolute Gasteiger partial charge is 0.337 e. The van der Waals surface area contributed by atoms with Crippen molar-refractivity contribution in [3.8, 4) is 0 Å². The Morgan fingerprint density at radius 2 is 1.67 bits per heavy atom. The van der Waals surface area contributed by atoms with Gasteiger partial charge in [-0.2, -0.15) is 0 Å². The molecule has 1 atom stereocenters. The first kappa shape index (κ1) is 29.3. The summed E-state index contributed by atoms with van der Waals surface area (Å²) in [5.74, 6) is -0.316. The normalized spacial score (nSPS) is 17.3. The third-order valence-electron chi connectivity index (χ3n) is 7.77. The van der Waals surface area contributed by atoms with Crippen LogP contribution in [0, 0.1) is 0 Å². The number of sulfonamides is 1. The van der Waals surface area contributed by atoms with Crippen molar-refractivity contribution < 1.29 is 23.1 Å². The number of esters is 1. The molecule has 3 aromatic carbocycles. The summed E-state index contributed by atoms with van der Waals surface area (Å²) < 4.78 is 35.1. The lowest BCUT2D eigenvalue weighted by Gasteiger charge is -2.37. The van der Waals surface area contributed by atoms with E-state index in [0.717, 1.165) is 23.8 Å². The van der Waals surface area contributed by atoms with Crippen molar-refractivity contribution in [3.63, 3.8) is 0 Å². The molecule has 2 N–H and O–H groups in total. The Morgan fingerprint density at radius 3 is 2.45 bits per heavy atom. The van der Waals surface area contributed by atoms with Crippen LogP contribution < -0.4 is 4.72 Å². The van der Waals surface area contributed by atoms with Crippen LogP contribution in [0.2, 0.25) is 0 Å². The van der Waals surface area contributed by atoms with Crippen LogP contribution in [0.5, 0.6) is 0 Å². The molecule has 42 heavy (non-hydrogen) atoms. The molecule has 0 spiro atoms. The molecule has 0 fully saturated rings. The first-order chi connectivity index (χ1) is 20.3. The monoisotopic (exact) mass is 584 g/mol. The summed E-state index contributed by atoms with van der Waals surface area (Å²) >= 11 is 0. The molecule has 218 valence electrons. The minimum Gasteiger partial charge on any atom is -0.512 e. The second kappa shape index (κ2) is 12.8. The van der Waals surface area contributed by atoms with Crippen molar-refractivity contribution in [1.82, 2.24) is 4.98 Å². The van der Waals surface area contributed by atoms with Crippen LogP contribution in [-0.4, -0.2) is 30.1 Å². The first-order valence-corrected chi connectivity index (χ1v) is 15.9. The molecule has 0 saturated carbocycles. The van der Waals surface area contributed by atoms with Crippen molar-refractivity contribution >= 4 is 32.6 Å². The van der Waals surface area contributed by atoms with Gasteiger partial charge in [-0.3, -0.25) is 9.71 Å². The number of pyridine rings is 1. The molecule has 1 aromatic heterocycles. The van der Waals surface area contributed by atoms with Gasteiger partial charge in [-0.25, -0.2) is 13.2 Å². The van der Waals surface area contributed by atoms with Crippen LogP contribution >= 0.6 is 0 Å². The molecule has 7 nitrogen and oxygen atoms in total. The highest BCUT2D eigenvalue weighted by Gasteiger charge is 2.40. The maximum atomic E-state index is 13.2. The van der Waals surface area contributed by atoms with E-state index in [1.807, 2.05) is 36.4 Å². The number of hydrogen-bond acceptors (Lipinski definition) is 6. The molecule has 2 heterocycles. The van der Waals surface area contributed by atoms with Crippen molar-refractivity contribution in [1.29, 1.82) is 0 Å². The van der Waals surface area contributed by atoms with Gasteiger partial charge in [0.25, 0.3) is 10.0 Å². The van der Waals surface area contributed by atoms with Gasteiger partial charge >= 0.3 is 5.97 Å². The van der Waals surface area contributed by atoms with Crippen LogP contribution in [0.15, 0.2) is 107 Å². The zero-order valence-electron chi connectivity index (χ0n) is 23.8. The van der Waals surface area contributed by atoms with E-state index in [2.05, 4.69) is 28.8 Å². The van der Waals surface area contributed by atoms with Crippen molar-refractivity contribution in [2.24, 2.45) is 0 Å². The summed E-state index contributed by atoms with van der Waals surface area (Å²) in [5, 5.41) is 11.7. The van der Waals surface area contributed by atoms with Gasteiger partial charge in [0.05, 0.1) is 11.1 Å². The molecular weight excluding hydrogens is 548 g/mol. The number of rotatable bonds is 12. The zero-order valence-corrected chi connectivity index (χ0v) is 24.6. The Balaban J connectivity index is 1.22. The summed E-state index contributed by atoms with van der Waals surface area (Å²) in [6.07, 6.45) is 6.46. The molecule has 5 rings (SSSR count). The lowest BCUT2D eigenvalue weighted by molar-refractivity contribution is -0.161. The predicted molar refractivity (Wildman–Crippen MR) is 165 cm³/mol. The lowest BCUT2D eigenvalue weighted by atomic mass is 9.83. The number of ether oxygens (including phenoxy) is 1. The van der Waals surface area contributed by atoms with Crippen LogP contribution in [-0.2, 0) is 32.4 Å². The van der Waals surface area contributed by atoms with Gasteiger partial charge < -0.3 is 9.84 Å². The number of aliphatic hydroxyl groups is 1. The zero-order chi connectivity index (χ0) is 29.6. The summed E-state index contributed by atoms with van der Waals surface area (Å²) in [7, 11) is -3.86. The number of carbonyl (C=O) groups excluding carboxylic acids is 1. The molecule has 1 unspecified atom stereocenters. The molecule has 0 amide bonds. The number of nitrogens with one attached hydrogen (secondary N) is 1. The van der Waals surface area contributed by atoms with Gasteiger partial charge in [0.1, 0.15) is 16.3 Å². The Morgan fingerprint density at radius 1 is 0.905 bits per heavy atom. The molecule has 1 aliphatic rings. The topological polar surface area (TPSA) is 106 Å². The second-order valence-electron chi connectivity index (χ2n) is 10.9. The van der Waals surface area contributed by atoms with E-state index < -0.39 is 21.6 Å². The van der Waals surface area contributed by atoms with E-state index in [4.69, 9.17) is 4.74 Å². The SMILES string of the molecule is CCCC1(CCc2ccccc2)CC(O)=C(CCCc2cccc(NS(=O)(=O)c3cccc4cccnc34)c2)C(=O)O1. The second-order valence-corrected chi connectivity index (χ2v) is 12.6. The van der Waals surface area contributed by atoms with Crippen molar-refractivity contribution in [2.75, 3.05) is 4.72 Å². The van der Waals surface area contributed by atoms with Crippen LogP contribution in [0.25, 0.3) is 10.9 Å². The molecule has 0 radical (unpaired) electrons. The van der Waals surface area contributed by atoms with E-state index >= 15 is 0 Å². The number of hydrogen-bond donors (Lipinski definition) is 2. The van der Waals surface area contributed by atoms with E-state index in [1.165, 1.54) is 5.56 Å². The third kappa shape index (κ3) is 6.82. The quantitative estimate of drug-likeness (QED) is 0.169. The maximum absolute atomic E-state index is 13.2. The van der Waals surface area contributed by atoms with Gasteiger partial charge in [-0.1, -0.05) is 74.0 Å². The fourth-order valence-electron chi connectivity index (χ4n) is 5.71. The Bertz CT molecular complexity index is 1700. The number of fused-ring (bicyclic) bond motifs is 1. The molecular formula is C34H36N2O5S. The number of anilines is 1. The average molecular weight is 585 g/mol. The summed E-state index contributed by atoms with van der Waals surface area (Å²) in [6, 6.07) is 26.0. The highest BCUT2D eigenvalue weighted by molar-refractivity contribution is 7.93. The molecule has 4 aromatic rings. The number of aryl methyl sites for hydroxylation is 2. The molecule has 0 saturated heterocycles. The van der Waals surface area contributed by atoms with Gasteiger partial charge in [-0.15, -0.1) is 0 Å². The highest BCUT2D eigenvalue weighted by atomic mass is 32.2. The van der Waals surface area contributed by atoms with Crippen LogP contribution in [0.4, 0.5) is 5.69 Å². The van der Waals surface area contributed by atoms with E-state index in [1.54, 1.807) is 42.6 Å². The summed E-state index contributed by atoms with van der Waals surface area (Å²) in [4.78, 5) is 17.4. The standard InChI is InChI=1S/C34H36N2O5S/c1-2-20-34(21-19-25-10-4-3-5-11-25)24-30(37)29(33(38)41-34)17-7-13-26-12-6-16-28(23-26)36-42(39,40)31-18-8-14-27-15-9-22-35-32(27)31/h3-6,8-12,14-16,18,22-23,36-37H,2,7,13,17,19-21,24H2,1H3.